The molecule has 2 aliphatic rings. The molecule has 0 radical (unpaired) electrons. The van der Waals surface area contributed by atoms with Crippen molar-refractivity contribution < 1.29 is 45.2 Å². The normalized spacial score (nSPS) is 19.2. The Labute approximate surface area is 254 Å². The average Bonchev–Trinajstić information content (AvgIpc) is 3.26. The Morgan fingerprint density at radius 3 is 1.29 bits per heavy atom. The van der Waals surface area contributed by atoms with Crippen LogP contribution in [0.25, 0.3) is 11.1 Å². The van der Waals surface area contributed by atoms with E-state index in [4.69, 9.17) is 0 Å². The fraction of sp³-hybridized carbons (Fsp3) is 0.529. The Morgan fingerprint density at radius 1 is 0.658 bits per heavy atom. The minimum Gasteiger partial charge on any atom is -1.00 e. The van der Waals surface area contributed by atoms with Crippen LogP contribution in [0.5, 0.6) is 0 Å². The van der Waals surface area contributed by atoms with Crippen LogP contribution in [0.2, 0.25) is 13.1 Å². The average molecular weight is 647 g/mol. The van der Waals surface area contributed by atoms with Gasteiger partial charge in [-0.1, -0.05) is 0 Å². The molecule has 206 valence electrons. The summed E-state index contributed by atoms with van der Waals surface area (Å²) in [5.41, 5.74) is 19.3. The molecule has 0 fully saturated rings. The van der Waals surface area contributed by atoms with Gasteiger partial charge < -0.3 is 24.8 Å². The summed E-state index contributed by atoms with van der Waals surface area (Å²) in [6.07, 6.45) is 2.42. The molecule has 0 N–H and O–H groups in total. The summed E-state index contributed by atoms with van der Waals surface area (Å²) >= 11 is -2.07. The van der Waals surface area contributed by atoms with Crippen molar-refractivity contribution in [2.45, 2.75) is 114 Å². The summed E-state index contributed by atoms with van der Waals surface area (Å²) in [5.74, 6) is 1.25. The number of rotatable bonds is 6. The van der Waals surface area contributed by atoms with Crippen LogP contribution in [-0.2, 0) is 20.4 Å². The third-order valence-corrected chi connectivity index (χ3v) is 29.5. The zero-order valence-corrected chi connectivity index (χ0v) is 30.8. The maximum atomic E-state index is 2.67. The number of halogens is 2. The Balaban J connectivity index is 0.00000253. The van der Waals surface area contributed by atoms with Gasteiger partial charge in [-0.15, -0.1) is 0 Å². The fourth-order valence-electron chi connectivity index (χ4n) is 7.11. The molecule has 0 aliphatic heterocycles. The van der Waals surface area contributed by atoms with E-state index in [1.807, 2.05) is 0 Å². The van der Waals surface area contributed by atoms with Gasteiger partial charge >= 0.3 is 231 Å². The van der Waals surface area contributed by atoms with Crippen LogP contribution in [-0.4, -0.2) is 5.43 Å². The molecule has 0 saturated carbocycles. The molecule has 38 heavy (non-hydrogen) atoms. The minimum absolute atomic E-state index is 0. The van der Waals surface area contributed by atoms with Crippen LogP contribution in [0.1, 0.15) is 132 Å². The molecule has 0 saturated heterocycles. The molecule has 0 aromatic heterocycles. The molecular weight excluding hydrogens is 599 g/mol. The maximum absolute atomic E-state index is 2.67. The van der Waals surface area contributed by atoms with Gasteiger partial charge in [0.15, 0.2) is 0 Å². The van der Waals surface area contributed by atoms with Crippen molar-refractivity contribution in [3.63, 3.8) is 0 Å². The van der Waals surface area contributed by atoms with Crippen LogP contribution in [0.15, 0.2) is 35.4 Å². The Hall–Kier alpha value is -0.400. The summed E-state index contributed by atoms with van der Waals surface area (Å²) < 4.78 is 1.45. The SMILES string of the molecule is CCC(C)c1ccc(C)c2c1C(C)=C(C)[CH]2[Zr+2]([CH]1C(C)=C(C)c2c(C(C)CC)ccc(C)c21)=[Si](C)C.[Cl-].[Cl-]. The number of aryl methyl sites for hydroxylation is 2. The molecule has 4 heteroatoms. The van der Waals surface area contributed by atoms with Crippen LogP contribution in [0, 0.1) is 13.8 Å². The summed E-state index contributed by atoms with van der Waals surface area (Å²) in [7, 11) is 0. The molecule has 2 aliphatic carbocycles. The van der Waals surface area contributed by atoms with Gasteiger partial charge in [0.05, 0.1) is 0 Å². The van der Waals surface area contributed by atoms with Crippen molar-refractivity contribution in [3.05, 3.63) is 79.9 Å². The third kappa shape index (κ3) is 5.31. The van der Waals surface area contributed by atoms with Crippen LogP contribution < -0.4 is 24.8 Å². The van der Waals surface area contributed by atoms with E-state index in [1.165, 1.54) is 12.8 Å². The van der Waals surface area contributed by atoms with Crippen molar-refractivity contribution in [2.24, 2.45) is 0 Å². The largest absolute Gasteiger partial charge is 1.00 e. The van der Waals surface area contributed by atoms with Gasteiger partial charge in [-0.2, -0.15) is 0 Å². The van der Waals surface area contributed by atoms with Gasteiger partial charge in [0.25, 0.3) is 0 Å². The van der Waals surface area contributed by atoms with E-state index >= 15 is 0 Å². The molecule has 2 aromatic carbocycles. The molecule has 2 aromatic rings. The van der Waals surface area contributed by atoms with Crippen LogP contribution >= 0.6 is 0 Å². The van der Waals surface area contributed by atoms with Gasteiger partial charge in [0, 0.05) is 0 Å². The maximum Gasteiger partial charge on any atom is -1.00 e. The van der Waals surface area contributed by atoms with E-state index in [0.717, 1.165) is 7.25 Å². The topological polar surface area (TPSA) is 0 Å². The molecular formula is C34H48Cl2SiZr. The quantitative estimate of drug-likeness (QED) is 0.403. The first-order valence-electron chi connectivity index (χ1n) is 14.3. The standard InChI is InChI=1S/2C16H21.C2H6Si.2ClH.Zr/c2*1-6-10(2)14-8-7-11(3)15-9-12(4)13(5)16(14)15;1-3-2;;;/h2*7-10H,6H2,1-5H3;1-2H3;2*1H;/q;;;;;+2/p-2. The Morgan fingerprint density at radius 2 is 1.00 bits per heavy atom. The minimum atomic E-state index is -2.07. The van der Waals surface area contributed by atoms with Gasteiger partial charge in [0.2, 0.25) is 0 Å². The first-order chi connectivity index (χ1) is 17.0. The zero-order chi connectivity index (χ0) is 26.6. The molecule has 4 rings (SSSR count). The number of allylic oxidation sites excluding steroid dienone is 4. The molecule has 4 unspecified atom stereocenters. The van der Waals surface area contributed by atoms with Gasteiger partial charge in [-0.05, 0) is 0 Å². The van der Waals surface area contributed by atoms with E-state index < -0.39 is 25.8 Å². The summed E-state index contributed by atoms with van der Waals surface area (Å²) in [4.78, 5) is 0. The van der Waals surface area contributed by atoms with Crippen molar-refractivity contribution in [1.29, 1.82) is 0 Å². The molecule has 0 heterocycles. The van der Waals surface area contributed by atoms with E-state index in [2.05, 4.69) is 107 Å². The van der Waals surface area contributed by atoms with Crippen molar-refractivity contribution in [3.8, 4) is 0 Å². The van der Waals surface area contributed by atoms with Crippen molar-refractivity contribution in [2.75, 3.05) is 0 Å². The van der Waals surface area contributed by atoms with Crippen molar-refractivity contribution in [1.82, 2.24) is 0 Å². The number of hydrogen-bond acceptors (Lipinski definition) is 0. The van der Waals surface area contributed by atoms with Crippen molar-refractivity contribution >= 4 is 16.6 Å². The molecule has 0 amide bonds. The van der Waals surface area contributed by atoms with Crippen LogP contribution in [0.4, 0.5) is 0 Å². The molecule has 4 atom stereocenters. The second kappa shape index (κ2) is 13.1. The first kappa shape index (κ1) is 33.8. The summed E-state index contributed by atoms with van der Waals surface area (Å²) in [6, 6.07) is 9.83. The predicted octanol–water partition coefficient (Wildman–Crippen LogP) is 4.60. The summed E-state index contributed by atoms with van der Waals surface area (Å²) in [6.45, 7) is 29.6. The molecule has 0 spiro atoms. The second-order valence-corrected chi connectivity index (χ2v) is 29.9. The summed E-state index contributed by atoms with van der Waals surface area (Å²) in [5, 5.41) is 0. The molecule has 0 nitrogen and oxygen atoms in total. The monoisotopic (exact) mass is 644 g/mol. The third-order valence-electron chi connectivity index (χ3n) is 9.85. The smallest absolute Gasteiger partial charge is 1.00 e. The van der Waals surface area contributed by atoms with Gasteiger partial charge in [-0.3, -0.25) is 0 Å². The van der Waals surface area contributed by atoms with E-state index in [9.17, 15) is 0 Å². The number of fused-ring (bicyclic) bond motifs is 2. The van der Waals surface area contributed by atoms with E-state index in [0.29, 0.717) is 11.8 Å². The van der Waals surface area contributed by atoms with Gasteiger partial charge in [0.1, 0.15) is 0 Å². The Bertz CT molecular complexity index is 1230. The molecule has 0 bridgehead atoms. The Kier molecular flexibility index (Phi) is 11.6. The first-order valence-corrected chi connectivity index (χ1v) is 23.3. The van der Waals surface area contributed by atoms with E-state index in [1.54, 1.807) is 66.8 Å². The fourth-order valence-corrected chi connectivity index (χ4v) is 28.6. The second-order valence-electron chi connectivity index (χ2n) is 12.1. The number of hydrogen-bond donors (Lipinski definition) is 0. The number of benzene rings is 2. The van der Waals surface area contributed by atoms with E-state index in [-0.39, 0.29) is 24.8 Å². The predicted molar refractivity (Wildman–Crippen MR) is 159 cm³/mol. The zero-order valence-electron chi connectivity index (χ0n) is 25.8. The van der Waals surface area contributed by atoms with Gasteiger partial charge in [-0.25, -0.2) is 0 Å². The van der Waals surface area contributed by atoms with Crippen LogP contribution in [0.3, 0.4) is 0 Å².